The van der Waals surface area contributed by atoms with Crippen molar-refractivity contribution in [3.05, 3.63) is 23.9 Å². The van der Waals surface area contributed by atoms with Crippen LogP contribution in [-0.2, 0) is 6.61 Å². The number of nitriles is 1. The zero-order valence-electron chi connectivity index (χ0n) is 9.13. The number of hydrogen-bond acceptors (Lipinski definition) is 4. The van der Waals surface area contributed by atoms with Gasteiger partial charge in [-0.3, -0.25) is 0 Å². The normalized spacial score (nSPS) is 14.5. The topological polar surface area (TPSA) is 60.2 Å². The van der Waals surface area contributed by atoms with Gasteiger partial charge in [0.15, 0.2) is 0 Å². The number of aromatic nitrogens is 1. The summed E-state index contributed by atoms with van der Waals surface area (Å²) in [6, 6.07) is 6.52. The van der Waals surface area contributed by atoms with E-state index in [0.717, 1.165) is 17.9 Å². The van der Waals surface area contributed by atoms with E-state index in [1.54, 1.807) is 6.20 Å². The highest BCUT2D eigenvalue weighted by atomic mass is 16.3. The number of nitrogens with zero attached hydrogens (tertiary/aromatic N) is 3. The third-order valence-corrected chi connectivity index (χ3v) is 2.74. The van der Waals surface area contributed by atoms with Crippen molar-refractivity contribution in [3.63, 3.8) is 0 Å². The van der Waals surface area contributed by atoms with Crippen LogP contribution in [0, 0.1) is 11.3 Å². The summed E-state index contributed by atoms with van der Waals surface area (Å²) in [5, 5.41) is 17.5. The highest BCUT2D eigenvalue weighted by Crippen LogP contribution is 2.30. The molecule has 0 aromatic carbocycles. The second-order valence-electron chi connectivity index (χ2n) is 4.02. The molecule has 0 aliphatic heterocycles. The Bertz CT molecular complexity index is 378. The number of aliphatic hydroxyl groups is 1. The van der Waals surface area contributed by atoms with Crippen LogP contribution >= 0.6 is 0 Å². The molecule has 1 fully saturated rings. The Kier molecular flexibility index (Phi) is 3.37. The van der Waals surface area contributed by atoms with Crippen LogP contribution in [0.2, 0.25) is 0 Å². The standard InChI is InChI=1S/C12H15N3O/c13-6-1-7-15(11-3-4-11)12-5-2-10(9-16)8-14-12/h2,5,8,11,16H,1,3-4,7,9H2. The maximum Gasteiger partial charge on any atom is 0.128 e. The van der Waals surface area contributed by atoms with Crippen molar-refractivity contribution in [1.29, 1.82) is 5.26 Å². The average Bonchev–Trinajstić information content (AvgIpc) is 3.15. The molecule has 1 aliphatic rings. The molecule has 0 atom stereocenters. The number of rotatable bonds is 5. The molecule has 1 aromatic rings. The van der Waals surface area contributed by atoms with E-state index in [2.05, 4.69) is 16.0 Å². The van der Waals surface area contributed by atoms with Gasteiger partial charge >= 0.3 is 0 Å². The Hall–Kier alpha value is -1.60. The summed E-state index contributed by atoms with van der Waals surface area (Å²) in [6.45, 7) is 0.765. The summed E-state index contributed by atoms with van der Waals surface area (Å²) in [5.41, 5.74) is 0.819. The van der Waals surface area contributed by atoms with Crippen molar-refractivity contribution in [2.45, 2.75) is 31.9 Å². The number of anilines is 1. The first-order chi connectivity index (χ1) is 7.85. The zero-order valence-corrected chi connectivity index (χ0v) is 9.13. The second-order valence-corrected chi connectivity index (χ2v) is 4.02. The maximum absolute atomic E-state index is 8.93. The highest BCUT2D eigenvalue weighted by molar-refractivity contribution is 5.42. The van der Waals surface area contributed by atoms with Gasteiger partial charge in [-0.1, -0.05) is 6.07 Å². The summed E-state index contributed by atoms with van der Waals surface area (Å²) < 4.78 is 0. The van der Waals surface area contributed by atoms with Crippen LogP contribution in [-0.4, -0.2) is 22.7 Å². The van der Waals surface area contributed by atoms with Crippen LogP contribution in [0.4, 0.5) is 5.82 Å². The molecule has 0 bridgehead atoms. The van der Waals surface area contributed by atoms with E-state index >= 15 is 0 Å². The lowest BCUT2D eigenvalue weighted by molar-refractivity contribution is 0.281. The molecule has 0 saturated heterocycles. The van der Waals surface area contributed by atoms with E-state index in [4.69, 9.17) is 10.4 Å². The second kappa shape index (κ2) is 4.95. The molecule has 0 unspecified atom stereocenters. The van der Waals surface area contributed by atoms with E-state index in [-0.39, 0.29) is 6.61 Å². The van der Waals surface area contributed by atoms with Gasteiger partial charge in [0.05, 0.1) is 19.1 Å². The largest absolute Gasteiger partial charge is 0.392 e. The zero-order chi connectivity index (χ0) is 11.4. The first-order valence-corrected chi connectivity index (χ1v) is 5.54. The van der Waals surface area contributed by atoms with Crippen LogP contribution in [0.3, 0.4) is 0 Å². The van der Waals surface area contributed by atoms with Crippen molar-refractivity contribution in [2.75, 3.05) is 11.4 Å². The van der Waals surface area contributed by atoms with Gasteiger partial charge in [0, 0.05) is 18.8 Å². The Morgan fingerprint density at radius 1 is 1.50 bits per heavy atom. The molecule has 4 heteroatoms. The van der Waals surface area contributed by atoms with Crippen LogP contribution in [0.15, 0.2) is 18.3 Å². The average molecular weight is 217 g/mol. The van der Waals surface area contributed by atoms with Crippen molar-refractivity contribution < 1.29 is 5.11 Å². The maximum atomic E-state index is 8.93. The SMILES string of the molecule is N#CCCN(c1ccc(CO)cn1)C1CC1. The van der Waals surface area contributed by atoms with E-state index in [1.165, 1.54) is 12.8 Å². The fourth-order valence-corrected chi connectivity index (χ4v) is 1.72. The van der Waals surface area contributed by atoms with E-state index < -0.39 is 0 Å². The van der Waals surface area contributed by atoms with Crippen LogP contribution < -0.4 is 4.90 Å². The molecule has 16 heavy (non-hydrogen) atoms. The van der Waals surface area contributed by atoms with Crippen LogP contribution in [0.1, 0.15) is 24.8 Å². The predicted molar refractivity (Wildman–Crippen MR) is 60.8 cm³/mol. The summed E-state index contributed by atoms with van der Waals surface area (Å²) in [6.07, 6.45) is 4.60. The monoisotopic (exact) mass is 217 g/mol. The smallest absolute Gasteiger partial charge is 0.128 e. The molecule has 1 aromatic heterocycles. The minimum Gasteiger partial charge on any atom is -0.392 e. The van der Waals surface area contributed by atoms with Gasteiger partial charge in [-0.25, -0.2) is 4.98 Å². The third-order valence-electron chi connectivity index (χ3n) is 2.74. The van der Waals surface area contributed by atoms with Crippen molar-refractivity contribution in [3.8, 4) is 6.07 Å². The Morgan fingerprint density at radius 3 is 2.81 bits per heavy atom. The molecule has 0 amide bonds. The quantitative estimate of drug-likeness (QED) is 0.811. The van der Waals surface area contributed by atoms with E-state index in [1.807, 2.05) is 12.1 Å². The summed E-state index contributed by atoms with van der Waals surface area (Å²) in [4.78, 5) is 6.51. The molecule has 4 nitrogen and oxygen atoms in total. The molecule has 2 rings (SSSR count). The van der Waals surface area contributed by atoms with Crippen molar-refractivity contribution in [1.82, 2.24) is 4.98 Å². The fourth-order valence-electron chi connectivity index (χ4n) is 1.72. The molecule has 0 radical (unpaired) electrons. The van der Waals surface area contributed by atoms with Crippen LogP contribution in [0.25, 0.3) is 0 Å². The molecule has 1 N–H and O–H groups in total. The Balaban J connectivity index is 2.08. The van der Waals surface area contributed by atoms with Gasteiger partial charge in [-0.05, 0) is 24.5 Å². The molecule has 84 valence electrons. The molecule has 0 spiro atoms. The predicted octanol–water partition coefficient (Wildman–Crippen LogP) is 1.46. The molecular formula is C12H15N3O. The van der Waals surface area contributed by atoms with Crippen molar-refractivity contribution >= 4 is 5.82 Å². The summed E-state index contributed by atoms with van der Waals surface area (Å²) >= 11 is 0. The summed E-state index contributed by atoms with van der Waals surface area (Å²) in [5.74, 6) is 0.912. The minimum absolute atomic E-state index is 0.0227. The Labute approximate surface area is 95.1 Å². The first-order valence-electron chi connectivity index (χ1n) is 5.54. The fraction of sp³-hybridized carbons (Fsp3) is 0.500. The van der Waals surface area contributed by atoms with Gasteiger partial charge < -0.3 is 10.0 Å². The highest BCUT2D eigenvalue weighted by Gasteiger charge is 2.29. The molecule has 1 heterocycles. The number of aliphatic hydroxyl groups excluding tert-OH is 1. The van der Waals surface area contributed by atoms with Gasteiger partial charge in [-0.15, -0.1) is 0 Å². The number of pyridine rings is 1. The van der Waals surface area contributed by atoms with E-state index in [0.29, 0.717) is 12.5 Å². The van der Waals surface area contributed by atoms with Gasteiger partial charge in [0.25, 0.3) is 0 Å². The third kappa shape index (κ3) is 2.50. The molecular weight excluding hydrogens is 202 g/mol. The van der Waals surface area contributed by atoms with Crippen LogP contribution in [0.5, 0.6) is 0 Å². The molecule has 1 aliphatic carbocycles. The van der Waals surface area contributed by atoms with Gasteiger partial charge in [0.2, 0.25) is 0 Å². The lowest BCUT2D eigenvalue weighted by atomic mass is 10.3. The summed E-state index contributed by atoms with van der Waals surface area (Å²) in [7, 11) is 0. The minimum atomic E-state index is 0.0227. The molecule has 1 saturated carbocycles. The van der Waals surface area contributed by atoms with Gasteiger partial charge in [0.1, 0.15) is 5.82 Å². The lowest BCUT2D eigenvalue weighted by Gasteiger charge is -2.22. The first kappa shape index (κ1) is 10.9. The van der Waals surface area contributed by atoms with Crippen molar-refractivity contribution in [2.24, 2.45) is 0 Å². The lowest BCUT2D eigenvalue weighted by Crippen LogP contribution is -2.27. The Morgan fingerprint density at radius 2 is 2.31 bits per heavy atom. The van der Waals surface area contributed by atoms with Gasteiger partial charge in [-0.2, -0.15) is 5.26 Å². The number of hydrogen-bond donors (Lipinski definition) is 1. The van der Waals surface area contributed by atoms with E-state index in [9.17, 15) is 0 Å².